The van der Waals surface area contributed by atoms with E-state index in [2.05, 4.69) is 14.9 Å². The van der Waals surface area contributed by atoms with E-state index in [1.165, 1.54) is 0 Å². The van der Waals surface area contributed by atoms with E-state index in [0.717, 1.165) is 43.0 Å². The standard InChI is InChI=1S/C12H20N6O2/c1-8-9(2)14-12(16-18(19)20)15-11(8)17-5-3-10(7-13)4-6-17/h10H,3-7,13H2,1-2H3,(H,14,15,16). The molecule has 1 aromatic rings. The number of nitrogens with zero attached hydrogens (tertiary/aromatic N) is 4. The Morgan fingerprint density at radius 2 is 2.05 bits per heavy atom. The highest BCUT2D eigenvalue weighted by Gasteiger charge is 2.22. The van der Waals surface area contributed by atoms with Crippen molar-refractivity contribution in [2.45, 2.75) is 26.7 Å². The molecule has 1 aliphatic heterocycles. The number of hydrazine groups is 1. The Kier molecular flexibility index (Phi) is 4.33. The van der Waals surface area contributed by atoms with Crippen LogP contribution in [-0.4, -0.2) is 34.6 Å². The quantitative estimate of drug-likeness (QED) is 0.622. The third-order valence-corrected chi connectivity index (χ3v) is 3.80. The fourth-order valence-corrected chi connectivity index (χ4v) is 2.43. The molecule has 0 bridgehead atoms. The summed E-state index contributed by atoms with van der Waals surface area (Å²) in [5.41, 5.74) is 9.43. The summed E-state index contributed by atoms with van der Waals surface area (Å²) < 4.78 is 0. The number of aryl methyl sites for hydroxylation is 1. The minimum atomic E-state index is -0.644. The second-order valence-electron chi connectivity index (χ2n) is 5.12. The molecule has 0 spiro atoms. The van der Waals surface area contributed by atoms with Gasteiger partial charge in [0.05, 0.1) is 0 Å². The molecule has 0 aromatic carbocycles. The molecule has 0 saturated carbocycles. The molecule has 110 valence electrons. The first-order valence-corrected chi connectivity index (χ1v) is 6.72. The number of hydrogen-bond acceptors (Lipinski definition) is 6. The lowest BCUT2D eigenvalue weighted by molar-refractivity contribution is -0.446. The van der Waals surface area contributed by atoms with E-state index in [1.807, 2.05) is 19.3 Å². The summed E-state index contributed by atoms with van der Waals surface area (Å²) in [5.74, 6) is 1.37. The van der Waals surface area contributed by atoms with Crippen molar-refractivity contribution in [2.75, 3.05) is 30.0 Å². The molecular formula is C12H20N6O2. The van der Waals surface area contributed by atoms with Crippen LogP contribution in [0.2, 0.25) is 0 Å². The van der Waals surface area contributed by atoms with Crippen molar-refractivity contribution in [1.29, 1.82) is 0 Å². The monoisotopic (exact) mass is 280 g/mol. The van der Waals surface area contributed by atoms with Crippen LogP contribution < -0.4 is 16.1 Å². The molecule has 0 amide bonds. The molecule has 0 aliphatic carbocycles. The Morgan fingerprint density at radius 1 is 1.40 bits per heavy atom. The maximum atomic E-state index is 10.5. The van der Waals surface area contributed by atoms with Gasteiger partial charge in [0.2, 0.25) is 0 Å². The zero-order valence-electron chi connectivity index (χ0n) is 11.8. The summed E-state index contributed by atoms with van der Waals surface area (Å²) in [6.45, 7) is 6.23. The number of nitrogens with one attached hydrogen (secondary N) is 1. The second kappa shape index (κ2) is 6.00. The Hall–Kier alpha value is -1.96. The molecule has 8 heteroatoms. The largest absolute Gasteiger partial charge is 0.356 e. The van der Waals surface area contributed by atoms with Gasteiger partial charge in [0, 0.05) is 24.3 Å². The van der Waals surface area contributed by atoms with Gasteiger partial charge in [0.15, 0.2) is 5.03 Å². The highest BCUT2D eigenvalue weighted by atomic mass is 16.7. The minimum absolute atomic E-state index is 0.0362. The van der Waals surface area contributed by atoms with Crippen molar-refractivity contribution in [1.82, 2.24) is 9.97 Å². The predicted molar refractivity (Wildman–Crippen MR) is 76.1 cm³/mol. The maximum absolute atomic E-state index is 10.5. The molecule has 0 atom stereocenters. The van der Waals surface area contributed by atoms with Crippen LogP contribution in [0, 0.1) is 29.9 Å². The number of nitro groups is 1. The molecule has 2 heterocycles. The van der Waals surface area contributed by atoms with E-state index < -0.39 is 5.03 Å². The zero-order chi connectivity index (χ0) is 14.7. The molecule has 20 heavy (non-hydrogen) atoms. The van der Waals surface area contributed by atoms with Gasteiger partial charge in [-0.2, -0.15) is 4.98 Å². The molecule has 2 rings (SSSR count). The van der Waals surface area contributed by atoms with Gasteiger partial charge in [0.1, 0.15) is 5.82 Å². The van der Waals surface area contributed by atoms with Crippen LogP contribution in [0.1, 0.15) is 24.1 Å². The average molecular weight is 280 g/mol. The number of nitrogens with two attached hydrogens (primary N) is 1. The van der Waals surface area contributed by atoms with Crippen molar-refractivity contribution < 1.29 is 5.03 Å². The van der Waals surface area contributed by atoms with Gasteiger partial charge >= 0.3 is 0 Å². The summed E-state index contributed by atoms with van der Waals surface area (Å²) in [6, 6.07) is 0. The smallest absolute Gasteiger partial charge is 0.287 e. The van der Waals surface area contributed by atoms with Crippen LogP contribution in [0.3, 0.4) is 0 Å². The number of aromatic nitrogens is 2. The van der Waals surface area contributed by atoms with Crippen LogP contribution in [0.4, 0.5) is 11.8 Å². The van der Waals surface area contributed by atoms with E-state index >= 15 is 0 Å². The summed E-state index contributed by atoms with van der Waals surface area (Å²) in [6.07, 6.45) is 2.05. The number of rotatable bonds is 4. The lowest BCUT2D eigenvalue weighted by Crippen LogP contribution is -2.37. The summed E-state index contributed by atoms with van der Waals surface area (Å²) in [5, 5.41) is 9.88. The zero-order valence-corrected chi connectivity index (χ0v) is 11.8. The first-order valence-electron chi connectivity index (χ1n) is 6.72. The lowest BCUT2D eigenvalue weighted by atomic mass is 9.97. The van der Waals surface area contributed by atoms with Crippen molar-refractivity contribution >= 4 is 11.8 Å². The SMILES string of the molecule is Cc1nc(N[N+](=O)[O-])nc(N2CCC(CN)CC2)c1C. The molecule has 1 fully saturated rings. The summed E-state index contributed by atoms with van der Waals surface area (Å²) in [7, 11) is 0. The number of piperidine rings is 1. The average Bonchev–Trinajstić information content (AvgIpc) is 2.42. The Morgan fingerprint density at radius 3 is 2.60 bits per heavy atom. The molecule has 8 nitrogen and oxygen atoms in total. The van der Waals surface area contributed by atoms with Gasteiger partial charge < -0.3 is 10.6 Å². The molecule has 1 aromatic heterocycles. The minimum Gasteiger partial charge on any atom is -0.356 e. The molecule has 1 saturated heterocycles. The molecule has 3 N–H and O–H groups in total. The van der Waals surface area contributed by atoms with Crippen molar-refractivity contribution in [3.8, 4) is 0 Å². The molecular weight excluding hydrogens is 260 g/mol. The fourth-order valence-electron chi connectivity index (χ4n) is 2.43. The molecule has 0 radical (unpaired) electrons. The van der Waals surface area contributed by atoms with Crippen LogP contribution in [0.15, 0.2) is 0 Å². The number of anilines is 2. The second-order valence-corrected chi connectivity index (χ2v) is 5.12. The van der Waals surface area contributed by atoms with Crippen molar-refractivity contribution in [3.05, 3.63) is 21.4 Å². The van der Waals surface area contributed by atoms with Gasteiger partial charge in [-0.1, -0.05) is 5.43 Å². The van der Waals surface area contributed by atoms with Crippen LogP contribution in [0.25, 0.3) is 0 Å². The summed E-state index contributed by atoms with van der Waals surface area (Å²) >= 11 is 0. The van der Waals surface area contributed by atoms with Crippen LogP contribution in [0.5, 0.6) is 0 Å². The number of hydrogen-bond donors (Lipinski definition) is 2. The Bertz CT molecular complexity index is 499. The first-order chi connectivity index (χ1) is 9.51. The third-order valence-electron chi connectivity index (χ3n) is 3.80. The third kappa shape index (κ3) is 3.13. The highest BCUT2D eigenvalue weighted by molar-refractivity contribution is 5.51. The Balaban J connectivity index is 2.22. The predicted octanol–water partition coefficient (Wildman–Crippen LogP) is 0.872. The topological polar surface area (TPSA) is 110 Å². The van der Waals surface area contributed by atoms with Crippen LogP contribution >= 0.6 is 0 Å². The first kappa shape index (κ1) is 14.4. The van der Waals surface area contributed by atoms with Crippen molar-refractivity contribution in [3.63, 3.8) is 0 Å². The van der Waals surface area contributed by atoms with Gasteiger partial charge in [-0.3, -0.25) is 0 Å². The van der Waals surface area contributed by atoms with E-state index in [1.54, 1.807) is 0 Å². The van der Waals surface area contributed by atoms with Gasteiger partial charge in [-0.15, -0.1) is 0 Å². The normalized spacial score (nSPS) is 16.2. The van der Waals surface area contributed by atoms with E-state index in [0.29, 0.717) is 12.5 Å². The van der Waals surface area contributed by atoms with Crippen molar-refractivity contribution in [2.24, 2.45) is 11.7 Å². The highest BCUT2D eigenvalue weighted by Crippen LogP contribution is 2.26. The van der Waals surface area contributed by atoms with Gasteiger partial charge in [-0.25, -0.2) is 15.1 Å². The van der Waals surface area contributed by atoms with Gasteiger partial charge in [0.25, 0.3) is 5.95 Å². The Labute approximate surface area is 117 Å². The molecule has 1 aliphatic rings. The van der Waals surface area contributed by atoms with Crippen LogP contribution in [-0.2, 0) is 0 Å². The lowest BCUT2D eigenvalue weighted by Gasteiger charge is -2.33. The van der Waals surface area contributed by atoms with E-state index in [9.17, 15) is 10.1 Å². The molecule has 0 unspecified atom stereocenters. The maximum Gasteiger partial charge on any atom is 0.287 e. The van der Waals surface area contributed by atoms with E-state index in [-0.39, 0.29) is 5.95 Å². The van der Waals surface area contributed by atoms with E-state index in [4.69, 9.17) is 5.73 Å². The fraction of sp³-hybridized carbons (Fsp3) is 0.667. The summed E-state index contributed by atoms with van der Waals surface area (Å²) in [4.78, 5) is 21.0. The van der Waals surface area contributed by atoms with Gasteiger partial charge in [-0.05, 0) is 39.2 Å².